The van der Waals surface area contributed by atoms with Crippen LogP contribution < -0.4 is 0 Å². The molecule has 2 heteroatoms. The second kappa shape index (κ2) is 8.60. The van der Waals surface area contributed by atoms with Gasteiger partial charge >= 0.3 is 0 Å². The summed E-state index contributed by atoms with van der Waals surface area (Å²) in [5.41, 5.74) is 4.93. The minimum atomic E-state index is 0.563. The van der Waals surface area contributed by atoms with Gasteiger partial charge in [-0.15, -0.1) is 0 Å². The summed E-state index contributed by atoms with van der Waals surface area (Å²) in [4.78, 5) is 9.65. The molecule has 1 aromatic heterocycles. The van der Waals surface area contributed by atoms with Gasteiger partial charge in [-0.05, 0) is 56.1 Å². The zero-order chi connectivity index (χ0) is 17.6. The van der Waals surface area contributed by atoms with E-state index in [1.54, 1.807) is 0 Å². The first-order valence-electron chi connectivity index (χ1n) is 10.1. The Balaban J connectivity index is 1.71. The molecule has 1 heterocycles. The van der Waals surface area contributed by atoms with Crippen LogP contribution in [0.25, 0.3) is 11.1 Å². The van der Waals surface area contributed by atoms with Crippen molar-refractivity contribution in [2.45, 2.75) is 78.1 Å². The standard InChI is InChI=1S/C23H32N2/c1-4-6-18-8-12-20(13-9-18)22-16-24-23(25-17(22)3)21-14-10-19(7-5-2)11-15-21/h8-9,12-13,16,19,21H,4-7,10-11,14-15H2,1-3H3/t19-,21-. The Bertz CT molecular complexity index is 667. The minimum absolute atomic E-state index is 0.563. The molecule has 1 saturated carbocycles. The maximum Gasteiger partial charge on any atom is 0.131 e. The minimum Gasteiger partial charge on any atom is -0.240 e. The molecule has 0 atom stereocenters. The largest absolute Gasteiger partial charge is 0.240 e. The van der Waals surface area contributed by atoms with Crippen molar-refractivity contribution in [1.82, 2.24) is 9.97 Å². The smallest absolute Gasteiger partial charge is 0.131 e. The molecule has 1 aliphatic rings. The molecular formula is C23H32N2. The van der Waals surface area contributed by atoms with Crippen molar-refractivity contribution >= 4 is 0 Å². The lowest BCUT2D eigenvalue weighted by Gasteiger charge is -2.27. The Morgan fingerprint density at radius 3 is 2.28 bits per heavy atom. The summed E-state index contributed by atoms with van der Waals surface area (Å²) in [6.45, 7) is 6.65. The first-order chi connectivity index (χ1) is 12.2. The highest BCUT2D eigenvalue weighted by molar-refractivity contribution is 5.65. The number of hydrogen-bond acceptors (Lipinski definition) is 2. The molecule has 2 aromatic rings. The summed E-state index contributed by atoms with van der Waals surface area (Å²) in [5, 5.41) is 0. The average molecular weight is 337 g/mol. The topological polar surface area (TPSA) is 25.8 Å². The van der Waals surface area contributed by atoms with Crippen molar-refractivity contribution in [3.8, 4) is 11.1 Å². The Kier molecular flexibility index (Phi) is 6.23. The molecule has 25 heavy (non-hydrogen) atoms. The van der Waals surface area contributed by atoms with Gasteiger partial charge in [0.2, 0.25) is 0 Å². The van der Waals surface area contributed by atoms with E-state index in [-0.39, 0.29) is 0 Å². The van der Waals surface area contributed by atoms with Gasteiger partial charge in [-0.3, -0.25) is 0 Å². The number of aryl methyl sites for hydroxylation is 2. The van der Waals surface area contributed by atoms with E-state index in [9.17, 15) is 0 Å². The van der Waals surface area contributed by atoms with Gasteiger partial charge in [-0.1, -0.05) is 57.4 Å². The second-order valence-electron chi connectivity index (χ2n) is 7.68. The lowest BCUT2D eigenvalue weighted by Crippen LogP contribution is -2.15. The van der Waals surface area contributed by atoms with Crippen molar-refractivity contribution in [2.24, 2.45) is 5.92 Å². The van der Waals surface area contributed by atoms with E-state index in [4.69, 9.17) is 9.97 Å². The molecule has 0 radical (unpaired) electrons. The van der Waals surface area contributed by atoms with Gasteiger partial charge in [-0.2, -0.15) is 0 Å². The third-order valence-corrected chi connectivity index (χ3v) is 5.71. The van der Waals surface area contributed by atoms with Crippen LogP contribution in [0.2, 0.25) is 0 Å². The van der Waals surface area contributed by atoms with E-state index < -0.39 is 0 Å². The molecule has 0 aliphatic heterocycles. The normalized spacial score (nSPS) is 20.6. The van der Waals surface area contributed by atoms with Crippen LogP contribution in [0.1, 0.15) is 81.8 Å². The maximum atomic E-state index is 4.89. The molecule has 1 aromatic carbocycles. The Morgan fingerprint density at radius 2 is 1.68 bits per heavy atom. The van der Waals surface area contributed by atoms with Crippen LogP contribution in [0.3, 0.4) is 0 Å². The summed E-state index contributed by atoms with van der Waals surface area (Å²) in [5.74, 6) is 2.56. The first kappa shape index (κ1) is 18.1. The molecule has 2 nitrogen and oxygen atoms in total. The zero-order valence-electron chi connectivity index (χ0n) is 16.1. The summed E-state index contributed by atoms with van der Waals surface area (Å²) in [6, 6.07) is 8.90. The molecule has 1 fully saturated rings. The molecule has 0 spiro atoms. The summed E-state index contributed by atoms with van der Waals surface area (Å²) in [7, 11) is 0. The first-order valence-corrected chi connectivity index (χ1v) is 10.1. The van der Waals surface area contributed by atoms with Crippen molar-refractivity contribution in [2.75, 3.05) is 0 Å². The Hall–Kier alpha value is -1.70. The Labute approximate surface area is 153 Å². The molecule has 0 bridgehead atoms. The molecule has 0 saturated heterocycles. The molecule has 134 valence electrons. The fourth-order valence-electron chi connectivity index (χ4n) is 4.22. The molecule has 0 unspecified atom stereocenters. The van der Waals surface area contributed by atoms with E-state index in [1.165, 1.54) is 61.6 Å². The number of benzene rings is 1. The average Bonchev–Trinajstić information content (AvgIpc) is 2.64. The van der Waals surface area contributed by atoms with Crippen molar-refractivity contribution in [1.29, 1.82) is 0 Å². The van der Waals surface area contributed by atoms with Gasteiger partial charge in [0.05, 0.1) is 0 Å². The number of aromatic nitrogens is 2. The molecular weight excluding hydrogens is 304 g/mol. The van der Waals surface area contributed by atoms with Crippen LogP contribution in [-0.2, 0) is 6.42 Å². The summed E-state index contributed by atoms with van der Waals surface area (Å²) >= 11 is 0. The molecule has 1 aliphatic carbocycles. The monoisotopic (exact) mass is 336 g/mol. The van der Waals surface area contributed by atoms with E-state index in [0.29, 0.717) is 5.92 Å². The predicted octanol–water partition coefficient (Wildman–Crippen LogP) is 6.48. The van der Waals surface area contributed by atoms with Crippen molar-refractivity contribution < 1.29 is 0 Å². The fraction of sp³-hybridized carbons (Fsp3) is 0.565. The number of nitrogens with zero attached hydrogens (tertiary/aromatic N) is 2. The lowest BCUT2D eigenvalue weighted by atomic mass is 9.79. The van der Waals surface area contributed by atoms with E-state index in [0.717, 1.165) is 23.9 Å². The van der Waals surface area contributed by atoms with E-state index in [2.05, 4.69) is 45.0 Å². The van der Waals surface area contributed by atoms with E-state index >= 15 is 0 Å². The highest BCUT2D eigenvalue weighted by Crippen LogP contribution is 2.36. The number of hydrogen-bond donors (Lipinski definition) is 0. The predicted molar refractivity (Wildman–Crippen MR) is 106 cm³/mol. The molecule has 3 rings (SSSR count). The highest BCUT2D eigenvalue weighted by atomic mass is 14.9. The van der Waals surface area contributed by atoms with Gasteiger partial charge in [0.25, 0.3) is 0 Å². The van der Waals surface area contributed by atoms with Gasteiger partial charge in [0.15, 0.2) is 0 Å². The van der Waals surface area contributed by atoms with Crippen molar-refractivity contribution in [3.05, 3.63) is 47.5 Å². The highest BCUT2D eigenvalue weighted by Gasteiger charge is 2.24. The Morgan fingerprint density at radius 1 is 0.960 bits per heavy atom. The second-order valence-corrected chi connectivity index (χ2v) is 7.68. The van der Waals surface area contributed by atoms with E-state index in [1.807, 2.05) is 6.20 Å². The quantitative estimate of drug-likeness (QED) is 0.603. The zero-order valence-corrected chi connectivity index (χ0v) is 16.1. The van der Waals surface area contributed by atoms with Gasteiger partial charge in [0, 0.05) is 23.4 Å². The molecule has 0 amide bonds. The summed E-state index contributed by atoms with van der Waals surface area (Å²) < 4.78 is 0. The van der Waals surface area contributed by atoms with Crippen LogP contribution in [0.15, 0.2) is 30.5 Å². The lowest BCUT2D eigenvalue weighted by molar-refractivity contribution is 0.302. The SMILES string of the molecule is CCCc1ccc(-c2cnc([C@H]3CC[C@H](CCC)CC3)nc2C)cc1. The van der Waals surface area contributed by atoms with Crippen molar-refractivity contribution in [3.63, 3.8) is 0 Å². The molecule has 0 N–H and O–H groups in total. The third-order valence-electron chi connectivity index (χ3n) is 5.71. The maximum absolute atomic E-state index is 4.89. The summed E-state index contributed by atoms with van der Waals surface area (Å²) in [6.07, 6.45) is 12.3. The van der Waals surface area contributed by atoms with Crippen LogP contribution in [0.4, 0.5) is 0 Å². The number of rotatable bonds is 6. The fourth-order valence-corrected chi connectivity index (χ4v) is 4.22. The van der Waals surface area contributed by atoms with Crippen LogP contribution in [0.5, 0.6) is 0 Å². The van der Waals surface area contributed by atoms with Crippen LogP contribution in [0, 0.1) is 12.8 Å². The van der Waals surface area contributed by atoms with Crippen LogP contribution in [-0.4, -0.2) is 9.97 Å². The van der Waals surface area contributed by atoms with Gasteiger partial charge < -0.3 is 0 Å². The third kappa shape index (κ3) is 4.48. The van der Waals surface area contributed by atoms with Gasteiger partial charge in [0.1, 0.15) is 5.82 Å². The van der Waals surface area contributed by atoms with Gasteiger partial charge in [-0.25, -0.2) is 9.97 Å². The van der Waals surface area contributed by atoms with Crippen LogP contribution >= 0.6 is 0 Å².